The van der Waals surface area contributed by atoms with E-state index in [1.54, 1.807) is 0 Å². The van der Waals surface area contributed by atoms with Crippen LogP contribution in [0.5, 0.6) is 17.2 Å². The third-order valence-electron chi connectivity index (χ3n) is 4.53. The molecule has 0 amide bonds. The second kappa shape index (κ2) is 10.1. The number of nitro benzene ring substituents is 2. The number of nitrogens with zero attached hydrogens (tertiary/aromatic N) is 2. The van der Waals surface area contributed by atoms with Crippen molar-refractivity contribution < 1.29 is 49.7 Å². The van der Waals surface area contributed by atoms with Gasteiger partial charge in [-0.1, -0.05) is 24.3 Å². The van der Waals surface area contributed by atoms with E-state index in [1.807, 2.05) is 0 Å². The molecule has 0 radical (unpaired) electrons. The SMILES string of the molecule is COc1c(OS(=O)(=O)c2ccccc2[N+](=O)[O-])cc(C(=O)O)cc1OS(=O)(=O)c1ccccc1[N+](=O)[O-]. The number of rotatable bonds is 10. The molecule has 0 atom stereocenters. The monoisotopic (exact) mass is 554 g/mol. The first-order valence-electron chi connectivity index (χ1n) is 9.59. The number of hydrogen-bond acceptors (Lipinski definition) is 12. The Morgan fingerprint density at radius 3 is 1.49 bits per heavy atom. The topological polar surface area (TPSA) is 220 Å². The van der Waals surface area contributed by atoms with Crippen LogP contribution in [0.25, 0.3) is 0 Å². The van der Waals surface area contributed by atoms with Crippen molar-refractivity contribution in [2.24, 2.45) is 0 Å². The van der Waals surface area contributed by atoms with E-state index in [1.165, 1.54) is 24.3 Å². The van der Waals surface area contributed by atoms with Crippen LogP contribution in [0.4, 0.5) is 11.4 Å². The van der Waals surface area contributed by atoms with Gasteiger partial charge in [0.25, 0.3) is 11.4 Å². The first-order valence-corrected chi connectivity index (χ1v) is 12.4. The van der Waals surface area contributed by atoms with Crippen LogP contribution >= 0.6 is 0 Å². The van der Waals surface area contributed by atoms with E-state index in [4.69, 9.17) is 13.1 Å². The van der Waals surface area contributed by atoms with Crippen molar-refractivity contribution in [3.8, 4) is 17.2 Å². The number of nitro groups is 2. The van der Waals surface area contributed by atoms with Gasteiger partial charge in [0.2, 0.25) is 5.75 Å². The Balaban J connectivity index is 2.18. The average Bonchev–Trinajstić information content (AvgIpc) is 2.83. The number of methoxy groups -OCH3 is 1. The Hall–Kier alpha value is -4.77. The van der Waals surface area contributed by atoms with Gasteiger partial charge in [-0.15, -0.1) is 0 Å². The first kappa shape index (κ1) is 26.8. The van der Waals surface area contributed by atoms with Gasteiger partial charge in [0.05, 0.1) is 22.5 Å². The normalized spacial score (nSPS) is 11.4. The first-order chi connectivity index (χ1) is 17.3. The average molecular weight is 554 g/mol. The highest BCUT2D eigenvalue weighted by Gasteiger charge is 2.32. The Kier molecular flexibility index (Phi) is 7.30. The molecule has 0 fully saturated rings. The minimum absolute atomic E-state index is 0.651. The molecule has 0 spiro atoms. The van der Waals surface area contributed by atoms with Gasteiger partial charge in [-0.05, 0) is 12.1 Å². The quantitative estimate of drug-likeness (QED) is 0.217. The van der Waals surface area contributed by atoms with E-state index >= 15 is 0 Å². The van der Waals surface area contributed by atoms with Gasteiger partial charge in [-0.25, -0.2) is 4.79 Å². The van der Waals surface area contributed by atoms with E-state index in [-0.39, 0.29) is 0 Å². The van der Waals surface area contributed by atoms with E-state index in [9.17, 15) is 47.0 Å². The Morgan fingerprint density at radius 2 is 1.16 bits per heavy atom. The lowest BCUT2D eigenvalue weighted by atomic mass is 10.2. The van der Waals surface area contributed by atoms with Crippen LogP contribution in [0, 0.1) is 20.2 Å². The fourth-order valence-corrected chi connectivity index (χ4v) is 5.18. The Morgan fingerprint density at radius 1 is 0.784 bits per heavy atom. The number of carbonyl (C=O) groups is 1. The Labute approximate surface area is 208 Å². The lowest BCUT2D eigenvalue weighted by Gasteiger charge is -2.16. The van der Waals surface area contributed by atoms with Crippen LogP contribution in [0.2, 0.25) is 0 Å². The van der Waals surface area contributed by atoms with Crippen molar-refractivity contribution in [2.45, 2.75) is 9.79 Å². The van der Waals surface area contributed by atoms with E-state index in [2.05, 4.69) is 0 Å². The number of aromatic carboxylic acids is 1. The van der Waals surface area contributed by atoms with Crippen molar-refractivity contribution in [3.05, 3.63) is 86.5 Å². The summed E-state index contributed by atoms with van der Waals surface area (Å²) in [6.45, 7) is 0. The molecule has 0 saturated carbocycles. The lowest BCUT2D eigenvalue weighted by molar-refractivity contribution is -0.388. The summed E-state index contributed by atoms with van der Waals surface area (Å²) in [5.74, 6) is -4.21. The lowest BCUT2D eigenvalue weighted by Crippen LogP contribution is -2.15. The van der Waals surface area contributed by atoms with Crippen molar-refractivity contribution in [1.82, 2.24) is 0 Å². The maximum atomic E-state index is 12.9. The van der Waals surface area contributed by atoms with Crippen molar-refractivity contribution >= 4 is 37.6 Å². The molecular formula is C20H14N2O13S2. The molecule has 17 heteroatoms. The van der Waals surface area contributed by atoms with Gasteiger partial charge >= 0.3 is 26.2 Å². The molecule has 1 N–H and O–H groups in total. The fourth-order valence-electron chi connectivity index (χ4n) is 2.99. The predicted octanol–water partition coefficient (Wildman–Crippen LogP) is 2.75. The van der Waals surface area contributed by atoms with Crippen LogP contribution in [0.15, 0.2) is 70.5 Å². The maximum Gasteiger partial charge on any atom is 0.346 e. The molecule has 37 heavy (non-hydrogen) atoms. The molecule has 0 heterocycles. The number of carboxylic acid groups (broad SMARTS) is 1. The number of para-hydroxylation sites is 2. The second-order valence-corrected chi connectivity index (χ2v) is 9.86. The molecule has 0 aliphatic heterocycles. The highest BCUT2D eigenvalue weighted by molar-refractivity contribution is 7.87. The Bertz CT molecular complexity index is 1520. The van der Waals surface area contributed by atoms with Gasteiger partial charge in [0.1, 0.15) is 0 Å². The number of ether oxygens (including phenoxy) is 1. The van der Waals surface area contributed by atoms with Crippen molar-refractivity contribution in [3.63, 3.8) is 0 Å². The minimum atomic E-state index is -5.00. The maximum absolute atomic E-state index is 12.9. The molecular weight excluding hydrogens is 540 g/mol. The molecule has 0 saturated heterocycles. The summed E-state index contributed by atoms with van der Waals surface area (Å²) in [5.41, 5.74) is -2.45. The highest BCUT2D eigenvalue weighted by Crippen LogP contribution is 2.42. The minimum Gasteiger partial charge on any atom is -0.490 e. The largest absolute Gasteiger partial charge is 0.490 e. The summed E-state index contributed by atoms with van der Waals surface area (Å²) in [6.07, 6.45) is 0. The van der Waals surface area contributed by atoms with Gasteiger partial charge in [0.15, 0.2) is 21.3 Å². The van der Waals surface area contributed by atoms with Crippen LogP contribution in [0.3, 0.4) is 0 Å². The van der Waals surface area contributed by atoms with Gasteiger partial charge < -0.3 is 18.2 Å². The summed E-state index contributed by atoms with van der Waals surface area (Å²) in [5, 5.41) is 31.9. The van der Waals surface area contributed by atoms with E-state index < -0.39 is 80.0 Å². The fraction of sp³-hybridized carbons (Fsp3) is 0.0500. The summed E-state index contributed by atoms with van der Waals surface area (Å²) >= 11 is 0. The van der Waals surface area contributed by atoms with Crippen LogP contribution in [0.1, 0.15) is 10.4 Å². The second-order valence-electron chi connectivity index (χ2n) is 6.84. The van der Waals surface area contributed by atoms with Gasteiger partial charge in [0, 0.05) is 24.3 Å². The number of carboxylic acids is 1. The van der Waals surface area contributed by atoms with Crippen molar-refractivity contribution in [1.29, 1.82) is 0 Å². The zero-order valence-electron chi connectivity index (χ0n) is 18.3. The molecule has 0 bridgehead atoms. The highest BCUT2D eigenvalue weighted by atomic mass is 32.2. The molecule has 0 aliphatic carbocycles. The predicted molar refractivity (Wildman–Crippen MR) is 122 cm³/mol. The van der Waals surface area contributed by atoms with Crippen LogP contribution in [-0.2, 0) is 20.2 Å². The number of benzene rings is 3. The van der Waals surface area contributed by atoms with Crippen LogP contribution < -0.4 is 13.1 Å². The zero-order valence-corrected chi connectivity index (χ0v) is 20.0. The molecule has 0 unspecified atom stereocenters. The standard InChI is InChI=1S/C20H14N2O13S2/c1-33-19-15(34-36(29,30)17-8-4-2-6-13(17)21(25)26)10-12(20(23)24)11-16(19)35-37(31,32)18-9-5-3-7-14(18)22(27)28/h2-11H,1H3,(H,23,24). The van der Waals surface area contributed by atoms with E-state index in [0.717, 1.165) is 31.4 Å². The third kappa shape index (κ3) is 5.57. The zero-order chi connectivity index (χ0) is 27.5. The van der Waals surface area contributed by atoms with Crippen molar-refractivity contribution in [2.75, 3.05) is 7.11 Å². The van der Waals surface area contributed by atoms with Gasteiger partial charge in [-0.3, -0.25) is 20.2 Å². The number of hydrogen-bond donors (Lipinski definition) is 1. The van der Waals surface area contributed by atoms with Crippen LogP contribution in [-0.4, -0.2) is 44.9 Å². The summed E-state index contributed by atoms with van der Waals surface area (Å²) in [6, 6.07) is 9.52. The smallest absolute Gasteiger partial charge is 0.346 e. The molecule has 194 valence electrons. The summed E-state index contributed by atoms with van der Waals surface area (Å²) < 4.78 is 66.2. The summed E-state index contributed by atoms with van der Waals surface area (Å²) in [4.78, 5) is 30.4. The molecule has 3 rings (SSSR count). The molecule has 3 aromatic rings. The molecule has 0 aliphatic rings. The van der Waals surface area contributed by atoms with Gasteiger partial charge in [-0.2, -0.15) is 16.8 Å². The van der Waals surface area contributed by atoms with E-state index in [0.29, 0.717) is 12.1 Å². The molecule has 0 aromatic heterocycles. The molecule has 15 nitrogen and oxygen atoms in total. The summed E-state index contributed by atoms with van der Waals surface area (Å²) in [7, 11) is -9.07. The third-order valence-corrected chi connectivity index (χ3v) is 7.10. The molecule has 3 aromatic carbocycles.